The minimum absolute atomic E-state index is 0.129. The minimum Gasteiger partial charge on any atom is -0.396 e. The highest BCUT2D eigenvalue weighted by Gasteiger charge is 2.10. The minimum atomic E-state index is 0.129. The standard InChI is InChI=1S/C12H25NO2/c1-4-5-11(6-7-14)9-13-12(15)8-10(2)3/h10-11,14H,4-9H2,1-3H3,(H,13,15). The van der Waals surface area contributed by atoms with Crippen LogP contribution in [0, 0.1) is 11.8 Å². The predicted molar refractivity (Wildman–Crippen MR) is 62.6 cm³/mol. The van der Waals surface area contributed by atoms with Gasteiger partial charge in [0.05, 0.1) is 0 Å². The van der Waals surface area contributed by atoms with Crippen LogP contribution in [0.2, 0.25) is 0 Å². The van der Waals surface area contributed by atoms with Crippen LogP contribution in [0.25, 0.3) is 0 Å². The van der Waals surface area contributed by atoms with Crippen molar-refractivity contribution in [2.24, 2.45) is 11.8 Å². The van der Waals surface area contributed by atoms with E-state index in [9.17, 15) is 4.79 Å². The Morgan fingerprint density at radius 1 is 1.33 bits per heavy atom. The van der Waals surface area contributed by atoms with E-state index in [4.69, 9.17) is 5.11 Å². The van der Waals surface area contributed by atoms with E-state index in [2.05, 4.69) is 12.2 Å². The lowest BCUT2D eigenvalue weighted by molar-refractivity contribution is -0.122. The van der Waals surface area contributed by atoms with Crippen molar-refractivity contribution in [2.45, 2.75) is 46.5 Å². The molecule has 0 bridgehead atoms. The molecule has 90 valence electrons. The van der Waals surface area contributed by atoms with E-state index in [-0.39, 0.29) is 12.5 Å². The Kier molecular flexibility index (Phi) is 8.38. The summed E-state index contributed by atoms with van der Waals surface area (Å²) in [5.41, 5.74) is 0. The van der Waals surface area contributed by atoms with Crippen molar-refractivity contribution in [3.8, 4) is 0 Å². The van der Waals surface area contributed by atoms with E-state index in [1.54, 1.807) is 0 Å². The zero-order valence-electron chi connectivity index (χ0n) is 10.3. The largest absolute Gasteiger partial charge is 0.396 e. The molecule has 0 saturated heterocycles. The van der Waals surface area contributed by atoms with Gasteiger partial charge in [-0.3, -0.25) is 4.79 Å². The average Bonchev–Trinajstić information content (AvgIpc) is 2.14. The van der Waals surface area contributed by atoms with Gasteiger partial charge in [0, 0.05) is 19.6 Å². The van der Waals surface area contributed by atoms with Crippen molar-refractivity contribution in [1.82, 2.24) is 5.32 Å². The van der Waals surface area contributed by atoms with Gasteiger partial charge in [-0.05, 0) is 24.7 Å². The van der Waals surface area contributed by atoms with Crippen LogP contribution in [0.1, 0.15) is 46.5 Å². The molecule has 0 aromatic carbocycles. The van der Waals surface area contributed by atoms with Crippen molar-refractivity contribution in [1.29, 1.82) is 0 Å². The second kappa shape index (κ2) is 8.72. The molecule has 0 aliphatic carbocycles. The summed E-state index contributed by atoms with van der Waals surface area (Å²) in [6, 6.07) is 0. The molecule has 1 amide bonds. The number of carbonyl (C=O) groups is 1. The Balaban J connectivity index is 3.72. The number of amides is 1. The highest BCUT2D eigenvalue weighted by atomic mass is 16.3. The zero-order valence-corrected chi connectivity index (χ0v) is 10.3. The lowest BCUT2D eigenvalue weighted by Crippen LogP contribution is -2.30. The predicted octanol–water partition coefficient (Wildman–Crippen LogP) is 1.95. The molecule has 0 radical (unpaired) electrons. The van der Waals surface area contributed by atoms with Crippen molar-refractivity contribution >= 4 is 5.91 Å². The van der Waals surface area contributed by atoms with Crippen molar-refractivity contribution < 1.29 is 9.90 Å². The van der Waals surface area contributed by atoms with Gasteiger partial charge in [-0.2, -0.15) is 0 Å². The van der Waals surface area contributed by atoms with Crippen molar-refractivity contribution in [2.75, 3.05) is 13.2 Å². The molecule has 0 rings (SSSR count). The third kappa shape index (κ3) is 8.43. The van der Waals surface area contributed by atoms with Crippen LogP contribution in [0.15, 0.2) is 0 Å². The number of hydrogen-bond acceptors (Lipinski definition) is 2. The van der Waals surface area contributed by atoms with Gasteiger partial charge in [-0.25, -0.2) is 0 Å². The molecule has 0 aliphatic rings. The average molecular weight is 215 g/mol. The maximum Gasteiger partial charge on any atom is 0.220 e. The summed E-state index contributed by atoms with van der Waals surface area (Å²) in [6.45, 7) is 7.12. The number of aliphatic hydroxyl groups is 1. The number of hydrogen-bond donors (Lipinski definition) is 2. The second-order valence-electron chi connectivity index (χ2n) is 4.57. The summed E-state index contributed by atoms with van der Waals surface area (Å²) in [5.74, 6) is 0.965. The summed E-state index contributed by atoms with van der Waals surface area (Å²) in [6.07, 6.45) is 3.56. The topological polar surface area (TPSA) is 49.3 Å². The summed E-state index contributed by atoms with van der Waals surface area (Å²) in [4.78, 5) is 11.4. The maximum atomic E-state index is 11.4. The molecule has 0 aromatic rings. The lowest BCUT2D eigenvalue weighted by Gasteiger charge is -2.16. The molecule has 2 N–H and O–H groups in total. The van der Waals surface area contributed by atoms with Crippen LogP contribution in [0.4, 0.5) is 0 Å². The number of rotatable bonds is 8. The third-order valence-electron chi connectivity index (χ3n) is 2.42. The lowest BCUT2D eigenvalue weighted by atomic mass is 10.00. The highest BCUT2D eigenvalue weighted by Crippen LogP contribution is 2.09. The summed E-state index contributed by atoms with van der Waals surface area (Å²) >= 11 is 0. The van der Waals surface area contributed by atoms with Gasteiger partial charge >= 0.3 is 0 Å². The van der Waals surface area contributed by atoms with E-state index in [1.807, 2.05) is 13.8 Å². The summed E-state index contributed by atoms with van der Waals surface area (Å²) in [7, 11) is 0. The summed E-state index contributed by atoms with van der Waals surface area (Å²) in [5, 5.41) is 11.8. The monoisotopic (exact) mass is 215 g/mol. The van der Waals surface area contributed by atoms with Crippen LogP contribution < -0.4 is 5.32 Å². The quantitative estimate of drug-likeness (QED) is 0.650. The fraction of sp³-hybridized carbons (Fsp3) is 0.917. The van der Waals surface area contributed by atoms with E-state index in [0.717, 1.165) is 19.3 Å². The van der Waals surface area contributed by atoms with Crippen LogP contribution in [0.3, 0.4) is 0 Å². The van der Waals surface area contributed by atoms with Gasteiger partial charge in [-0.1, -0.05) is 27.2 Å². The summed E-state index contributed by atoms with van der Waals surface area (Å²) < 4.78 is 0. The van der Waals surface area contributed by atoms with Gasteiger partial charge in [0.2, 0.25) is 5.91 Å². The second-order valence-corrected chi connectivity index (χ2v) is 4.57. The van der Waals surface area contributed by atoms with Gasteiger partial charge in [0.25, 0.3) is 0 Å². The Morgan fingerprint density at radius 3 is 2.47 bits per heavy atom. The molecule has 0 aliphatic heterocycles. The van der Waals surface area contributed by atoms with Crippen molar-refractivity contribution in [3.63, 3.8) is 0 Å². The normalized spacial score (nSPS) is 12.9. The van der Waals surface area contributed by atoms with E-state index in [1.165, 1.54) is 0 Å². The molecule has 1 atom stereocenters. The van der Waals surface area contributed by atoms with E-state index in [0.29, 0.717) is 24.8 Å². The molecule has 1 unspecified atom stereocenters. The van der Waals surface area contributed by atoms with E-state index < -0.39 is 0 Å². The fourth-order valence-electron chi connectivity index (χ4n) is 1.64. The van der Waals surface area contributed by atoms with Crippen molar-refractivity contribution in [3.05, 3.63) is 0 Å². The van der Waals surface area contributed by atoms with Gasteiger partial charge in [0.15, 0.2) is 0 Å². The third-order valence-corrected chi connectivity index (χ3v) is 2.42. The first-order valence-corrected chi connectivity index (χ1v) is 5.97. The van der Waals surface area contributed by atoms with Crippen LogP contribution in [-0.4, -0.2) is 24.2 Å². The van der Waals surface area contributed by atoms with Gasteiger partial charge in [-0.15, -0.1) is 0 Å². The smallest absolute Gasteiger partial charge is 0.220 e. The Bertz CT molecular complexity index is 163. The molecule has 0 saturated carbocycles. The Hall–Kier alpha value is -0.570. The van der Waals surface area contributed by atoms with Crippen LogP contribution in [-0.2, 0) is 4.79 Å². The number of aliphatic hydroxyl groups excluding tert-OH is 1. The molecule has 3 heteroatoms. The fourth-order valence-corrected chi connectivity index (χ4v) is 1.64. The molecule has 3 nitrogen and oxygen atoms in total. The SMILES string of the molecule is CCCC(CCO)CNC(=O)CC(C)C. The molecule has 0 fully saturated rings. The molecular weight excluding hydrogens is 190 g/mol. The van der Waals surface area contributed by atoms with Crippen LogP contribution in [0.5, 0.6) is 0 Å². The molecule has 15 heavy (non-hydrogen) atoms. The molecule has 0 spiro atoms. The first kappa shape index (κ1) is 14.4. The maximum absolute atomic E-state index is 11.4. The zero-order chi connectivity index (χ0) is 11.7. The van der Waals surface area contributed by atoms with Gasteiger partial charge < -0.3 is 10.4 Å². The number of carbonyl (C=O) groups excluding carboxylic acids is 1. The molecular formula is C12H25NO2. The number of nitrogens with one attached hydrogen (secondary N) is 1. The van der Waals surface area contributed by atoms with Crippen LogP contribution >= 0.6 is 0 Å². The Morgan fingerprint density at radius 2 is 2.00 bits per heavy atom. The molecule has 0 aromatic heterocycles. The highest BCUT2D eigenvalue weighted by molar-refractivity contribution is 5.76. The first-order chi connectivity index (χ1) is 7.10. The molecule has 0 heterocycles. The Labute approximate surface area is 93.3 Å². The first-order valence-electron chi connectivity index (χ1n) is 5.97. The van der Waals surface area contributed by atoms with E-state index >= 15 is 0 Å². The van der Waals surface area contributed by atoms with Gasteiger partial charge in [0.1, 0.15) is 0 Å².